The third kappa shape index (κ3) is 3.95. The molecule has 0 aliphatic carbocycles. The Bertz CT molecular complexity index is 1160. The molecule has 31 heavy (non-hydrogen) atoms. The molecule has 1 aliphatic heterocycles. The molecule has 7 heteroatoms. The van der Waals surface area contributed by atoms with Gasteiger partial charge in [0.05, 0.1) is 30.3 Å². The summed E-state index contributed by atoms with van der Waals surface area (Å²) >= 11 is 0. The largest absolute Gasteiger partial charge is 0.495 e. The first-order chi connectivity index (χ1) is 15.0. The fourth-order valence-electron chi connectivity index (χ4n) is 4.09. The lowest BCUT2D eigenvalue weighted by atomic mass is 10.1. The van der Waals surface area contributed by atoms with Crippen LogP contribution in [0.15, 0.2) is 53.5 Å². The Hall–Kier alpha value is -3.48. The van der Waals surface area contributed by atoms with Crippen molar-refractivity contribution in [1.82, 2.24) is 9.47 Å². The molecular formula is C24H27N3O4. The van der Waals surface area contributed by atoms with Gasteiger partial charge in [-0.25, -0.2) is 0 Å². The van der Waals surface area contributed by atoms with Crippen molar-refractivity contribution in [3.63, 3.8) is 0 Å². The van der Waals surface area contributed by atoms with Gasteiger partial charge >= 0.3 is 0 Å². The molecule has 1 amide bonds. The molecule has 2 heterocycles. The Kier molecular flexibility index (Phi) is 5.84. The maximum absolute atomic E-state index is 13.2. The summed E-state index contributed by atoms with van der Waals surface area (Å²) < 4.78 is 12.8. The molecule has 1 saturated heterocycles. The van der Waals surface area contributed by atoms with E-state index in [-0.39, 0.29) is 16.9 Å². The van der Waals surface area contributed by atoms with E-state index in [4.69, 9.17) is 9.47 Å². The monoisotopic (exact) mass is 421 g/mol. The van der Waals surface area contributed by atoms with E-state index < -0.39 is 0 Å². The second-order valence-corrected chi connectivity index (χ2v) is 7.55. The minimum Gasteiger partial charge on any atom is -0.495 e. The molecule has 162 valence electrons. The minimum atomic E-state index is -0.258. The predicted octanol–water partition coefficient (Wildman–Crippen LogP) is 2.91. The summed E-state index contributed by atoms with van der Waals surface area (Å²) in [6, 6.07) is 13.3. The number of nitrogens with zero attached hydrogens (tertiary/aromatic N) is 3. The fourth-order valence-corrected chi connectivity index (χ4v) is 4.09. The SMILES string of the molecule is CCOc1ccc2c(c1)c(=O)c(C(=O)N1CCN(c3ccccc3OC)CC1)cn2C. The molecular weight excluding hydrogens is 394 g/mol. The lowest BCUT2D eigenvalue weighted by Crippen LogP contribution is -2.49. The van der Waals surface area contributed by atoms with Crippen molar-refractivity contribution in [2.24, 2.45) is 7.05 Å². The lowest BCUT2D eigenvalue weighted by Gasteiger charge is -2.36. The van der Waals surface area contributed by atoms with Crippen LogP contribution in [0.25, 0.3) is 10.9 Å². The van der Waals surface area contributed by atoms with Crippen LogP contribution in [0.2, 0.25) is 0 Å². The molecule has 0 atom stereocenters. The summed E-state index contributed by atoms with van der Waals surface area (Å²) in [6.45, 7) is 4.84. The van der Waals surface area contributed by atoms with Crippen LogP contribution in [0.5, 0.6) is 11.5 Å². The van der Waals surface area contributed by atoms with Crippen molar-refractivity contribution in [3.8, 4) is 11.5 Å². The maximum atomic E-state index is 13.2. The van der Waals surface area contributed by atoms with Crippen molar-refractivity contribution in [2.75, 3.05) is 44.8 Å². The number of pyridine rings is 1. The predicted molar refractivity (Wildman–Crippen MR) is 121 cm³/mol. The van der Waals surface area contributed by atoms with Crippen LogP contribution in [0.4, 0.5) is 5.69 Å². The fraction of sp³-hybridized carbons (Fsp3) is 0.333. The molecule has 1 aliphatic rings. The summed E-state index contributed by atoms with van der Waals surface area (Å²) in [6.07, 6.45) is 1.64. The van der Waals surface area contributed by atoms with Gasteiger partial charge in [0.25, 0.3) is 5.91 Å². The van der Waals surface area contributed by atoms with Gasteiger partial charge in [0.15, 0.2) is 0 Å². The van der Waals surface area contributed by atoms with Gasteiger partial charge in [-0.1, -0.05) is 12.1 Å². The number of aryl methyl sites for hydroxylation is 1. The topological polar surface area (TPSA) is 64.0 Å². The highest BCUT2D eigenvalue weighted by atomic mass is 16.5. The van der Waals surface area contributed by atoms with Gasteiger partial charge in [-0.15, -0.1) is 0 Å². The zero-order chi connectivity index (χ0) is 22.0. The molecule has 2 aromatic carbocycles. The number of methoxy groups -OCH3 is 1. The molecule has 7 nitrogen and oxygen atoms in total. The van der Waals surface area contributed by atoms with Gasteiger partial charge in [0, 0.05) is 39.4 Å². The first-order valence-corrected chi connectivity index (χ1v) is 10.5. The van der Waals surface area contributed by atoms with E-state index in [0.29, 0.717) is 43.9 Å². The first kappa shape index (κ1) is 20.8. The summed E-state index contributed by atoms with van der Waals surface area (Å²) in [5.74, 6) is 1.21. The summed E-state index contributed by atoms with van der Waals surface area (Å²) in [4.78, 5) is 30.3. The second-order valence-electron chi connectivity index (χ2n) is 7.55. The van der Waals surface area contributed by atoms with Crippen molar-refractivity contribution >= 4 is 22.5 Å². The normalized spacial score (nSPS) is 14.0. The highest BCUT2D eigenvalue weighted by Crippen LogP contribution is 2.28. The van der Waals surface area contributed by atoms with Crippen molar-refractivity contribution in [1.29, 1.82) is 0 Å². The van der Waals surface area contributed by atoms with Gasteiger partial charge in [-0.3, -0.25) is 9.59 Å². The standard InChI is InChI=1S/C24H27N3O4/c1-4-31-17-9-10-20-18(15-17)23(28)19(16-25(20)2)24(29)27-13-11-26(12-14-27)21-7-5-6-8-22(21)30-3/h5-10,15-16H,4,11-14H2,1-3H3. The molecule has 0 spiro atoms. The van der Waals surface area contributed by atoms with Gasteiger partial charge in [-0.05, 0) is 37.3 Å². The Balaban J connectivity index is 1.57. The van der Waals surface area contributed by atoms with Crippen LogP contribution in [-0.4, -0.2) is 55.3 Å². The summed E-state index contributed by atoms with van der Waals surface area (Å²) in [5, 5.41) is 0.493. The van der Waals surface area contributed by atoms with E-state index in [1.807, 2.05) is 54.9 Å². The number of fused-ring (bicyclic) bond motifs is 1. The highest BCUT2D eigenvalue weighted by molar-refractivity contribution is 5.97. The smallest absolute Gasteiger partial charge is 0.259 e. The summed E-state index contributed by atoms with van der Waals surface area (Å²) in [5.41, 5.74) is 1.72. The van der Waals surface area contributed by atoms with E-state index in [1.165, 1.54) is 0 Å². The van der Waals surface area contributed by atoms with Crippen molar-refractivity contribution < 1.29 is 14.3 Å². The number of aromatic nitrogens is 1. The Morgan fingerprint density at radius 1 is 1.06 bits per heavy atom. The van der Waals surface area contributed by atoms with Crippen LogP contribution in [0, 0.1) is 0 Å². The average molecular weight is 421 g/mol. The zero-order valence-corrected chi connectivity index (χ0v) is 18.1. The first-order valence-electron chi connectivity index (χ1n) is 10.5. The van der Waals surface area contributed by atoms with Crippen LogP contribution in [-0.2, 0) is 7.05 Å². The number of piperazine rings is 1. The number of ether oxygens (including phenoxy) is 2. The Morgan fingerprint density at radius 2 is 1.81 bits per heavy atom. The quantitative estimate of drug-likeness (QED) is 0.634. The molecule has 0 radical (unpaired) electrons. The molecule has 0 N–H and O–H groups in total. The number of para-hydroxylation sites is 2. The van der Waals surface area contributed by atoms with Crippen LogP contribution in [0.3, 0.4) is 0 Å². The Morgan fingerprint density at radius 3 is 2.52 bits per heavy atom. The number of benzene rings is 2. The third-order valence-electron chi connectivity index (χ3n) is 5.69. The minimum absolute atomic E-state index is 0.189. The van der Waals surface area contributed by atoms with Crippen LogP contribution >= 0.6 is 0 Å². The zero-order valence-electron chi connectivity index (χ0n) is 18.1. The number of hydrogen-bond acceptors (Lipinski definition) is 5. The van der Waals surface area contributed by atoms with E-state index in [2.05, 4.69) is 4.90 Å². The van der Waals surface area contributed by atoms with Crippen LogP contribution in [0.1, 0.15) is 17.3 Å². The molecule has 1 aromatic heterocycles. The summed E-state index contributed by atoms with van der Waals surface area (Å²) in [7, 11) is 3.50. The lowest BCUT2D eigenvalue weighted by molar-refractivity contribution is 0.0745. The molecule has 3 aromatic rings. The molecule has 0 saturated carbocycles. The molecule has 4 rings (SSSR count). The van der Waals surface area contributed by atoms with E-state index in [0.717, 1.165) is 17.0 Å². The number of carbonyl (C=O) groups excluding carboxylic acids is 1. The van der Waals surface area contributed by atoms with Crippen molar-refractivity contribution in [2.45, 2.75) is 6.92 Å². The number of carbonyl (C=O) groups is 1. The van der Waals surface area contributed by atoms with E-state index >= 15 is 0 Å². The van der Waals surface area contributed by atoms with E-state index in [1.54, 1.807) is 24.3 Å². The third-order valence-corrected chi connectivity index (χ3v) is 5.69. The van der Waals surface area contributed by atoms with Crippen LogP contribution < -0.4 is 19.8 Å². The van der Waals surface area contributed by atoms with Crippen molar-refractivity contribution in [3.05, 3.63) is 64.4 Å². The van der Waals surface area contributed by atoms with Gasteiger partial charge in [-0.2, -0.15) is 0 Å². The van der Waals surface area contributed by atoms with E-state index in [9.17, 15) is 9.59 Å². The van der Waals surface area contributed by atoms with Gasteiger partial charge in [0.2, 0.25) is 5.43 Å². The Labute approximate surface area is 181 Å². The molecule has 0 bridgehead atoms. The number of anilines is 1. The molecule has 0 unspecified atom stereocenters. The second kappa shape index (κ2) is 8.71. The average Bonchev–Trinajstić information content (AvgIpc) is 2.81. The number of hydrogen-bond donors (Lipinski definition) is 0. The molecule has 1 fully saturated rings. The van der Waals surface area contributed by atoms with Gasteiger partial charge < -0.3 is 23.8 Å². The number of rotatable bonds is 5. The maximum Gasteiger partial charge on any atom is 0.259 e. The highest BCUT2D eigenvalue weighted by Gasteiger charge is 2.26. The number of amides is 1. The van der Waals surface area contributed by atoms with Gasteiger partial charge in [0.1, 0.15) is 17.1 Å².